The van der Waals surface area contributed by atoms with E-state index in [-0.39, 0.29) is 37.2 Å². The molecule has 22 heavy (non-hydrogen) atoms. The third-order valence-electron chi connectivity index (χ3n) is 3.37. The van der Waals surface area contributed by atoms with Crippen molar-refractivity contribution in [2.45, 2.75) is 18.9 Å². The summed E-state index contributed by atoms with van der Waals surface area (Å²) >= 11 is 0. The monoisotopic (exact) mass is 335 g/mol. The number of halogens is 3. The minimum atomic E-state index is -3.69. The van der Waals surface area contributed by atoms with E-state index in [1.807, 2.05) is 6.92 Å². The quantitative estimate of drug-likeness (QED) is 0.676. The highest BCUT2D eigenvalue weighted by molar-refractivity contribution is 5.85. The molecular weight excluding hydrogens is 320 g/mol. The first-order chi connectivity index (χ1) is 9.82. The van der Waals surface area contributed by atoms with Crippen molar-refractivity contribution in [2.75, 3.05) is 19.6 Å². The van der Waals surface area contributed by atoms with Crippen LogP contribution in [0.2, 0.25) is 0 Å². The van der Waals surface area contributed by atoms with Gasteiger partial charge in [-0.1, -0.05) is 0 Å². The third kappa shape index (κ3) is 3.69. The van der Waals surface area contributed by atoms with Gasteiger partial charge in [0.1, 0.15) is 0 Å². The van der Waals surface area contributed by atoms with Gasteiger partial charge >= 0.3 is 5.92 Å². The van der Waals surface area contributed by atoms with Gasteiger partial charge < -0.3 is 10.2 Å². The summed E-state index contributed by atoms with van der Waals surface area (Å²) in [4.78, 5) is 22.9. The maximum absolute atomic E-state index is 14.2. The number of non-ortho nitro benzene ring substituents is 1. The van der Waals surface area contributed by atoms with E-state index in [1.165, 1.54) is 0 Å². The second-order valence-corrected chi connectivity index (χ2v) is 4.98. The van der Waals surface area contributed by atoms with Crippen LogP contribution in [0.15, 0.2) is 24.3 Å². The fourth-order valence-corrected chi connectivity index (χ4v) is 2.23. The molecule has 9 heteroatoms. The number of hydrogen-bond acceptors (Lipinski definition) is 4. The van der Waals surface area contributed by atoms with Gasteiger partial charge in [-0.2, -0.15) is 8.78 Å². The summed E-state index contributed by atoms with van der Waals surface area (Å²) in [7, 11) is 0. The average Bonchev–Trinajstić information content (AvgIpc) is 2.46. The molecule has 1 saturated heterocycles. The van der Waals surface area contributed by atoms with Gasteiger partial charge in [-0.25, -0.2) is 0 Å². The van der Waals surface area contributed by atoms with Crippen molar-refractivity contribution in [3.63, 3.8) is 0 Å². The van der Waals surface area contributed by atoms with Gasteiger partial charge in [0.25, 0.3) is 11.6 Å². The lowest BCUT2D eigenvalue weighted by Gasteiger charge is -2.34. The summed E-state index contributed by atoms with van der Waals surface area (Å²) in [6.45, 7) is 2.69. The van der Waals surface area contributed by atoms with Crippen molar-refractivity contribution in [1.82, 2.24) is 10.2 Å². The van der Waals surface area contributed by atoms with Crippen LogP contribution in [0.25, 0.3) is 0 Å². The summed E-state index contributed by atoms with van der Waals surface area (Å²) < 4.78 is 28.4. The van der Waals surface area contributed by atoms with E-state index >= 15 is 0 Å². The van der Waals surface area contributed by atoms with Crippen molar-refractivity contribution in [3.8, 4) is 0 Å². The van der Waals surface area contributed by atoms with Gasteiger partial charge in [0, 0.05) is 43.4 Å². The highest BCUT2D eigenvalue weighted by Gasteiger charge is 2.44. The Bertz CT molecular complexity index is 554. The first kappa shape index (κ1) is 18.2. The van der Waals surface area contributed by atoms with Crippen LogP contribution < -0.4 is 5.32 Å². The maximum atomic E-state index is 14.2. The lowest BCUT2D eigenvalue weighted by molar-refractivity contribution is -0.384. The van der Waals surface area contributed by atoms with Crippen molar-refractivity contribution in [3.05, 3.63) is 39.9 Å². The molecule has 1 atom stereocenters. The maximum Gasteiger partial charge on any atom is 0.349 e. The summed E-state index contributed by atoms with van der Waals surface area (Å²) in [5.74, 6) is -4.96. The predicted molar refractivity (Wildman–Crippen MR) is 78.3 cm³/mol. The number of hydrogen-bond donors (Lipinski definition) is 1. The van der Waals surface area contributed by atoms with Crippen LogP contribution in [0.5, 0.6) is 0 Å². The molecule has 1 aliphatic rings. The number of amides is 1. The predicted octanol–water partition coefficient (Wildman–Crippen LogP) is 1.93. The van der Waals surface area contributed by atoms with Gasteiger partial charge in [-0.15, -0.1) is 12.4 Å². The highest BCUT2D eigenvalue weighted by atomic mass is 35.5. The summed E-state index contributed by atoms with van der Waals surface area (Å²) in [6, 6.07) is 3.73. The number of nitrogens with zero attached hydrogens (tertiary/aromatic N) is 2. The third-order valence-corrected chi connectivity index (χ3v) is 3.37. The summed E-state index contributed by atoms with van der Waals surface area (Å²) in [5.41, 5.74) is -0.831. The topological polar surface area (TPSA) is 75.5 Å². The number of nitro groups is 1. The van der Waals surface area contributed by atoms with E-state index in [4.69, 9.17) is 0 Å². The van der Waals surface area contributed by atoms with E-state index < -0.39 is 22.3 Å². The van der Waals surface area contributed by atoms with E-state index in [9.17, 15) is 23.7 Å². The first-order valence-corrected chi connectivity index (χ1v) is 6.48. The molecule has 1 aliphatic heterocycles. The Hall–Kier alpha value is -1.80. The number of carbonyl (C=O) groups is 1. The largest absolute Gasteiger partial charge is 0.349 e. The molecule has 0 aromatic heterocycles. The number of nitrogens with one attached hydrogen (secondary N) is 1. The zero-order chi connectivity index (χ0) is 15.6. The van der Waals surface area contributed by atoms with Crippen LogP contribution in [-0.2, 0) is 10.7 Å². The summed E-state index contributed by atoms with van der Waals surface area (Å²) in [5, 5.41) is 13.6. The Balaban J connectivity index is 0.00000242. The molecule has 1 fully saturated rings. The Labute approximate surface area is 132 Å². The molecule has 1 aromatic carbocycles. The number of nitro benzene ring substituents is 1. The van der Waals surface area contributed by atoms with Crippen LogP contribution in [0.4, 0.5) is 14.5 Å². The van der Waals surface area contributed by atoms with E-state index in [0.29, 0.717) is 6.54 Å². The zero-order valence-corrected chi connectivity index (χ0v) is 12.6. The molecule has 122 valence electrons. The Morgan fingerprint density at radius 3 is 2.50 bits per heavy atom. The van der Waals surface area contributed by atoms with Crippen LogP contribution in [-0.4, -0.2) is 41.4 Å². The van der Waals surface area contributed by atoms with Gasteiger partial charge in [0.2, 0.25) is 0 Å². The molecule has 0 radical (unpaired) electrons. The molecule has 0 unspecified atom stereocenters. The molecular formula is C13H16ClF2N3O3. The van der Waals surface area contributed by atoms with Crippen LogP contribution in [0, 0.1) is 10.1 Å². The van der Waals surface area contributed by atoms with Crippen molar-refractivity contribution < 1.29 is 18.5 Å². The van der Waals surface area contributed by atoms with Crippen molar-refractivity contribution in [2.24, 2.45) is 0 Å². The molecule has 1 amide bonds. The minimum absolute atomic E-state index is 0. The first-order valence-electron chi connectivity index (χ1n) is 6.48. The second-order valence-electron chi connectivity index (χ2n) is 4.98. The molecule has 0 bridgehead atoms. The van der Waals surface area contributed by atoms with Crippen molar-refractivity contribution in [1.29, 1.82) is 0 Å². The zero-order valence-electron chi connectivity index (χ0n) is 11.8. The number of piperazine rings is 1. The number of alkyl halides is 2. The van der Waals surface area contributed by atoms with Crippen molar-refractivity contribution >= 4 is 24.0 Å². The normalized spacial score (nSPS) is 18.5. The molecule has 1 N–H and O–H groups in total. The molecule has 0 saturated carbocycles. The van der Waals surface area contributed by atoms with E-state index in [1.54, 1.807) is 0 Å². The molecule has 0 spiro atoms. The average molecular weight is 336 g/mol. The van der Waals surface area contributed by atoms with E-state index in [2.05, 4.69) is 5.32 Å². The van der Waals surface area contributed by atoms with Gasteiger partial charge in [0.05, 0.1) is 4.92 Å². The second kappa shape index (κ2) is 6.97. The number of rotatable bonds is 3. The summed E-state index contributed by atoms with van der Waals surface area (Å²) in [6.07, 6.45) is 0. The van der Waals surface area contributed by atoms with E-state index in [0.717, 1.165) is 29.2 Å². The van der Waals surface area contributed by atoms with Gasteiger partial charge in [-0.05, 0) is 19.1 Å². The van der Waals surface area contributed by atoms with Crippen LogP contribution in [0.3, 0.4) is 0 Å². The molecule has 1 aromatic rings. The minimum Gasteiger partial charge on any atom is -0.334 e. The number of benzene rings is 1. The molecule has 1 heterocycles. The van der Waals surface area contributed by atoms with Crippen LogP contribution in [0.1, 0.15) is 12.5 Å². The molecule has 2 rings (SSSR count). The van der Waals surface area contributed by atoms with Gasteiger partial charge in [-0.3, -0.25) is 14.9 Å². The Morgan fingerprint density at radius 1 is 1.41 bits per heavy atom. The Morgan fingerprint density at radius 2 is 2.00 bits per heavy atom. The molecule has 0 aliphatic carbocycles. The highest BCUT2D eigenvalue weighted by Crippen LogP contribution is 2.31. The molecule has 6 nitrogen and oxygen atoms in total. The fourth-order valence-electron chi connectivity index (χ4n) is 2.23. The lowest BCUT2D eigenvalue weighted by Crippen LogP contribution is -2.54. The SMILES string of the molecule is C[C@@H]1CN(C(=O)C(F)(F)c2ccc([N+](=O)[O-])cc2)CCN1.Cl. The standard InChI is InChI=1S/C13H15F2N3O3.ClH/c1-9-8-17(7-6-16-9)12(19)13(14,15)10-2-4-11(5-3-10)18(20)21;/h2-5,9,16H,6-8H2,1H3;1H/t9-;/m1./s1. The van der Waals surface area contributed by atoms with Gasteiger partial charge in [0.15, 0.2) is 0 Å². The Kier molecular flexibility index (Phi) is 5.78. The lowest BCUT2D eigenvalue weighted by atomic mass is 10.1. The van der Waals surface area contributed by atoms with Crippen LogP contribution >= 0.6 is 12.4 Å². The fraction of sp³-hybridized carbons (Fsp3) is 0.462. The smallest absolute Gasteiger partial charge is 0.334 e. The number of carbonyl (C=O) groups excluding carboxylic acids is 1.